The van der Waals surface area contributed by atoms with Crippen molar-refractivity contribution in [3.63, 3.8) is 0 Å². The number of carbonyl (C=O) groups is 2. The number of anilines is 1. The number of hydrogen-bond acceptors (Lipinski definition) is 4. The molecule has 0 aliphatic heterocycles. The SMILES string of the molecule is NC(=O)N(NC(CNC(=O)c1ccccc1)c1ccc(Cl)cc1)c1ccc(OC(F)(F)F)cc1. The third-order valence-corrected chi connectivity index (χ3v) is 4.86. The Morgan fingerprint density at radius 1 is 0.971 bits per heavy atom. The van der Waals surface area contributed by atoms with Gasteiger partial charge in [-0.3, -0.25) is 4.79 Å². The molecule has 3 aromatic rings. The number of carbonyl (C=O) groups excluding carboxylic acids is 2. The molecule has 11 heteroatoms. The number of alkyl halides is 3. The second-order valence-electron chi connectivity index (χ2n) is 7.02. The Hall–Kier alpha value is -3.76. The van der Waals surface area contributed by atoms with Crippen LogP contribution in [-0.2, 0) is 0 Å². The van der Waals surface area contributed by atoms with Crippen LogP contribution < -0.4 is 26.2 Å². The van der Waals surface area contributed by atoms with E-state index in [4.69, 9.17) is 17.3 Å². The van der Waals surface area contributed by atoms with E-state index in [0.717, 1.165) is 17.1 Å². The van der Waals surface area contributed by atoms with E-state index in [9.17, 15) is 22.8 Å². The molecule has 0 aliphatic rings. The molecular formula is C23H20ClF3N4O3. The maximum Gasteiger partial charge on any atom is 0.573 e. The lowest BCUT2D eigenvalue weighted by Gasteiger charge is -2.28. The minimum absolute atomic E-state index is 0.0500. The first kappa shape index (κ1) is 24.9. The summed E-state index contributed by atoms with van der Waals surface area (Å²) in [6.45, 7) is 0.0500. The van der Waals surface area contributed by atoms with Crippen LogP contribution in [0.3, 0.4) is 0 Å². The van der Waals surface area contributed by atoms with Gasteiger partial charge >= 0.3 is 12.4 Å². The molecule has 4 N–H and O–H groups in total. The summed E-state index contributed by atoms with van der Waals surface area (Å²) in [4.78, 5) is 24.7. The molecule has 7 nitrogen and oxygen atoms in total. The molecule has 0 saturated carbocycles. The van der Waals surface area contributed by atoms with Crippen molar-refractivity contribution < 1.29 is 27.5 Å². The second kappa shape index (κ2) is 10.9. The largest absolute Gasteiger partial charge is 0.573 e. The smallest absolute Gasteiger partial charge is 0.406 e. The number of urea groups is 1. The van der Waals surface area contributed by atoms with Crippen LogP contribution in [0.4, 0.5) is 23.7 Å². The van der Waals surface area contributed by atoms with Crippen LogP contribution in [0.1, 0.15) is 22.0 Å². The summed E-state index contributed by atoms with van der Waals surface area (Å²) in [5, 5.41) is 4.24. The molecule has 0 aromatic heterocycles. The molecule has 34 heavy (non-hydrogen) atoms. The number of ether oxygens (including phenoxy) is 1. The quantitative estimate of drug-likeness (QED) is 0.393. The Labute approximate surface area is 198 Å². The highest BCUT2D eigenvalue weighted by Crippen LogP contribution is 2.26. The van der Waals surface area contributed by atoms with Crippen molar-refractivity contribution >= 4 is 29.2 Å². The lowest BCUT2D eigenvalue weighted by Crippen LogP contribution is -2.50. The van der Waals surface area contributed by atoms with Crippen molar-refractivity contribution in [3.05, 3.63) is 95.0 Å². The lowest BCUT2D eigenvalue weighted by molar-refractivity contribution is -0.274. The number of hydrazine groups is 1. The summed E-state index contributed by atoms with van der Waals surface area (Å²) in [6.07, 6.45) is -4.85. The zero-order valence-electron chi connectivity index (χ0n) is 17.6. The number of hydrogen-bond donors (Lipinski definition) is 3. The maximum atomic E-state index is 12.5. The number of nitrogens with one attached hydrogen (secondary N) is 2. The molecule has 0 heterocycles. The van der Waals surface area contributed by atoms with E-state index in [1.165, 1.54) is 12.1 Å². The van der Waals surface area contributed by atoms with E-state index in [-0.39, 0.29) is 18.1 Å². The predicted molar refractivity (Wildman–Crippen MR) is 121 cm³/mol. The van der Waals surface area contributed by atoms with Gasteiger partial charge in [-0.15, -0.1) is 13.2 Å². The van der Waals surface area contributed by atoms with Crippen molar-refractivity contribution in [1.29, 1.82) is 0 Å². The van der Waals surface area contributed by atoms with Gasteiger partial charge in [0.2, 0.25) is 0 Å². The summed E-state index contributed by atoms with van der Waals surface area (Å²) in [6, 6.07) is 18.2. The van der Waals surface area contributed by atoms with Gasteiger partial charge < -0.3 is 15.8 Å². The first-order chi connectivity index (χ1) is 16.1. The van der Waals surface area contributed by atoms with E-state index in [2.05, 4.69) is 15.5 Å². The average molecular weight is 493 g/mol. The van der Waals surface area contributed by atoms with Gasteiger partial charge in [0.15, 0.2) is 0 Å². The van der Waals surface area contributed by atoms with Crippen LogP contribution in [0.25, 0.3) is 0 Å². The molecule has 3 amide bonds. The van der Waals surface area contributed by atoms with Crippen LogP contribution in [0.15, 0.2) is 78.9 Å². The highest BCUT2D eigenvalue weighted by Gasteiger charge is 2.31. The molecule has 0 saturated heterocycles. The molecule has 3 rings (SSSR count). The highest BCUT2D eigenvalue weighted by atomic mass is 35.5. The van der Waals surface area contributed by atoms with Gasteiger partial charge in [-0.25, -0.2) is 15.2 Å². The minimum Gasteiger partial charge on any atom is -0.406 e. The van der Waals surface area contributed by atoms with E-state index in [1.807, 2.05) is 0 Å². The van der Waals surface area contributed by atoms with E-state index in [1.54, 1.807) is 54.6 Å². The summed E-state index contributed by atoms with van der Waals surface area (Å²) in [7, 11) is 0. The summed E-state index contributed by atoms with van der Waals surface area (Å²) < 4.78 is 41.1. The fourth-order valence-corrected chi connectivity index (χ4v) is 3.16. The zero-order chi connectivity index (χ0) is 24.7. The van der Waals surface area contributed by atoms with Gasteiger partial charge in [-0.05, 0) is 54.1 Å². The van der Waals surface area contributed by atoms with Crippen molar-refractivity contribution in [1.82, 2.24) is 10.7 Å². The van der Waals surface area contributed by atoms with E-state index >= 15 is 0 Å². The standard InChI is InChI=1S/C23H20ClF3N4O3/c24-17-8-6-15(7-9-17)20(14-29-21(32)16-4-2-1-3-5-16)30-31(22(28)33)18-10-12-19(13-11-18)34-23(25,26)27/h1-13,20,30H,14H2,(H2,28,33)(H,29,32). The molecule has 0 bridgehead atoms. The first-order valence-corrected chi connectivity index (χ1v) is 10.3. The summed E-state index contributed by atoms with van der Waals surface area (Å²) in [5.74, 6) is -0.786. The second-order valence-corrected chi connectivity index (χ2v) is 7.46. The van der Waals surface area contributed by atoms with Crippen molar-refractivity contribution in [2.75, 3.05) is 11.6 Å². The van der Waals surface area contributed by atoms with Crippen molar-refractivity contribution in [2.24, 2.45) is 5.73 Å². The predicted octanol–water partition coefficient (Wildman–Crippen LogP) is 4.80. The number of benzene rings is 3. The molecule has 1 unspecified atom stereocenters. The molecule has 0 spiro atoms. The Morgan fingerprint density at radius 3 is 2.15 bits per heavy atom. The molecular weight excluding hydrogens is 473 g/mol. The topological polar surface area (TPSA) is 96.7 Å². The van der Waals surface area contributed by atoms with E-state index < -0.39 is 24.2 Å². The van der Waals surface area contributed by atoms with Gasteiger partial charge in [0.25, 0.3) is 5.91 Å². The van der Waals surface area contributed by atoms with E-state index in [0.29, 0.717) is 16.1 Å². The van der Waals surface area contributed by atoms with Gasteiger partial charge in [-0.2, -0.15) is 0 Å². The lowest BCUT2D eigenvalue weighted by atomic mass is 10.1. The normalized spacial score (nSPS) is 12.0. The fourth-order valence-electron chi connectivity index (χ4n) is 3.04. The molecule has 0 fully saturated rings. The molecule has 0 aliphatic carbocycles. The van der Waals surface area contributed by atoms with Crippen molar-refractivity contribution in [3.8, 4) is 5.75 Å². The molecule has 178 valence electrons. The Morgan fingerprint density at radius 2 is 1.59 bits per heavy atom. The maximum absolute atomic E-state index is 12.5. The zero-order valence-corrected chi connectivity index (χ0v) is 18.3. The Kier molecular flexibility index (Phi) is 7.98. The van der Waals surface area contributed by atoms with Crippen molar-refractivity contribution in [2.45, 2.75) is 12.4 Å². The fraction of sp³-hybridized carbons (Fsp3) is 0.130. The number of primary amides is 1. The minimum atomic E-state index is -4.85. The first-order valence-electron chi connectivity index (χ1n) is 9.92. The third kappa shape index (κ3) is 7.12. The van der Waals surface area contributed by atoms with Gasteiger partial charge in [-0.1, -0.05) is 41.9 Å². The van der Waals surface area contributed by atoms with Crippen LogP contribution in [0.2, 0.25) is 5.02 Å². The van der Waals surface area contributed by atoms with Crippen LogP contribution in [0.5, 0.6) is 5.75 Å². The molecule has 0 radical (unpaired) electrons. The van der Waals surface area contributed by atoms with Crippen LogP contribution in [0, 0.1) is 0 Å². The monoisotopic (exact) mass is 492 g/mol. The molecule has 1 atom stereocenters. The number of halogens is 4. The number of amides is 3. The van der Waals surface area contributed by atoms with Crippen LogP contribution in [-0.4, -0.2) is 24.8 Å². The average Bonchev–Trinajstić information content (AvgIpc) is 2.80. The van der Waals surface area contributed by atoms with Gasteiger partial charge in [0, 0.05) is 17.1 Å². The number of rotatable bonds is 8. The number of nitrogens with two attached hydrogens (primary N) is 1. The van der Waals surface area contributed by atoms with Gasteiger partial charge in [0.05, 0.1) is 11.7 Å². The summed E-state index contributed by atoms with van der Waals surface area (Å²) in [5.41, 5.74) is 9.71. The Balaban J connectivity index is 1.81. The summed E-state index contributed by atoms with van der Waals surface area (Å²) >= 11 is 5.97. The third-order valence-electron chi connectivity index (χ3n) is 4.61. The van der Waals surface area contributed by atoms with Gasteiger partial charge in [0.1, 0.15) is 5.75 Å². The van der Waals surface area contributed by atoms with Crippen LogP contribution >= 0.6 is 11.6 Å². The Bertz CT molecular complexity index is 1110. The highest BCUT2D eigenvalue weighted by molar-refractivity contribution is 6.30. The molecule has 3 aromatic carbocycles. The number of nitrogens with zero attached hydrogens (tertiary/aromatic N) is 1.